The van der Waals surface area contributed by atoms with Crippen molar-refractivity contribution in [1.29, 1.82) is 0 Å². The maximum absolute atomic E-state index is 13.5. The molecule has 0 bridgehead atoms. The number of aryl methyl sites for hydroxylation is 1. The van der Waals surface area contributed by atoms with Crippen molar-refractivity contribution in [2.75, 3.05) is 11.1 Å². The average molecular weight is 305 g/mol. The van der Waals surface area contributed by atoms with Crippen LogP contribution >= 0.6 is 0 Å². The Labute approximate surface area is 123 Å². The van der Waals surface area contributed by atoms with Gasteiger partial charge in [0.25, 0.3) is 0 Å². The van der Waals surface area contributed by atoms with Crippen molar-refractivity contribution in [2.24, 2.45) is 0 Å². The van der Waals surface area contributed by atoms with Gasteiger partial charge in [0.2, 0.25) is 0 Å². The monoisotopic (exact) mass is 305 g/mol. The number of hydrogen-bond acceptors (Lipinski definition) is 3. The number of hydrogen-bond donors (Lipinski definition) is 1. The fourth-order valence-corrected chi connectivity index (χ4v) is 4.38. The molecule has 2 aromatic rings. The van der Waals surface area contributed by atoms with Gasteiger partial charge < -0.3 is 5.32 Å². The molecule has 0 amide bonds. The highest BCUT2D eigenvalue weighted by molar-refractivity contribution is 7.91. The lowest BCUT2D eigenvalue weighted by Gasteiger charge is -2.27. The van der Waals surface area contributed by atoms with Crippen molar-refractivity contribution in [3.8, 4) is 0 Å². The van der Waals surface area contributed by atoms with E-state index in [1.807, 2.05) is 25.1 Å². The van der Waals surface area contributed by atoms with E-state index in [1.54, 1.807) is 12.1 Å². The van der Waals surface area contributed by atoms with Gasteiger partial charge in [0, 0.05) is 5.69 Å². The van der Waals surface area contributed by atoms with E-state index in [4.69, 9.17) is 0 Å². The minimum absolute atomic E-state index is 0.107. The van der Waals surface area contributed by atoms with Gasteiger partial charge in [0.1, 0.15) is 5.82 Å². The number of nitrogens with one attached hydrogen (secondary N) is 1. The fourth-order valence-electron chi connectivity index (χ4n) is 2.76. The molecule has 1 heterocycles. The first-order valence-corrected chi connectivity index (χ1v) is 8.46. The number of sulfone groups is 1. The Balaban J connectivity index is 1.97. The van der Waals surface area contributed by atoms with Gasteiger partial charge in [0.15, 0.2) is 9.84 Å². The second-order valence-corrected chi connectivity index (χ2v) is 7.44. The topological polar surface area (TPSA) is 46.2 Å². The Morgan fingerprint density at radius 1 is 1.19 bits per heavy atom. The molecule has 0 saturated carbocycles. The van der Waals surface area contributed by atoms with E-state index in [2.05, 4.69) is 5.32 Å². The molecule has 1 atom stereocenters. The molecular formula is C16H16FNO2S. The number of halogens is 1. The van der Waals surface area contributed by atoms with Crippen LogP contribution in [0.5, 0.6) is 0 Å². The Bertz CT molecular complexity index is 766. The quantitative estimate of drug-likeness (QED) is 0.924. The maximum atomic E-state index is 13.5. The van der Waals surface area contributed by atoms with E-state index in [0.29, 0.717) is 17.0 Å². The SMILES string of the molecule is Cc1cc(F)cc(NC2CCS(=O)(=O)c3ccccc32)c1. The number of fused-ring (bicyclic) bond motifs is 1. The molecule has 5 heteroatoms. The highest BCUT2D eigenvalue weighted by atomic mass is 32.2. The van der Waals surface area contributed by atoms with Gasteiger partial charge in [0.05, 0.1) is 16.7 Å². The molecule has 21 heavy (non-hydrogen) atoms. The third-order valence-corrected chi connectivity index (χ3v) is 5.50. The van der Waals surface area contributed by atoms with Gasteiger partial charge in [-0.1, -0.05) is 18.2 Å². The molecule has 0 fully saturated rings. The minimum atomic E-state index is -3.20. The van der Waals surface area contributed by atoms with Crippen molar-refractivity contribution in [2.45, 2.75) is 24.3 Å². The molecule has 0 spiro atoms. The zero-order chi connectivity index (χ0) is 15.0. The van der Waals surface area contributed by atoms with Crippen molar-refractivity contribution >= 4 is 15.5 Å². The number of anilines is 1. The summed E-state index contributed by atoms with van der Waals surface area (Å²) in [5.74, 6) is -0.190. The first-order chi connectivity index (χ1) is 9.95. The molecule has 1 aliphatic rings. The molecule has 0 saturated heterocycles. The summed E-state index contributed by atoms with van der Waals surface area (Å²) in [6.07, 6.45) is 0.481. The van der Waals surface area contributed by atoms with Crippen LogP contribution in [0.1, 0.15) is 23.6 Å². The van der Waals surface area contributed by atoms with E-state index < -0.39 is 9.84 Å². The lowest BCUT2D eigenvalue weighted by atomic mass is 10.0. The van der Waals surface area contributed by atoms with E-state index >= 15 is 0 Å². The fraction of sp³-hybridized carbons (Fsp3) is 0.250. The maximum Gasteiger partial charge on any atom is 0.178 e. The first kappa shape index (κ1) is 14.1. The van der Waals surface area contributed by atoms with Crippen LogP contribution in [0.25, 0.3) is 0 Å². The van der Waals surface area contributed by atoms with Crippen molar-refractivity contribution in [3.63, 3.8) is 0 Å². The highest BCUT2D eigenvalue weighted by Crippen LogP contribution is 2.34. The first-order valence-electron chi connectivity index (χ1n) is 6.81. The second kappa shape index (κ2) is 5.15. The van der Waals surface area contributed by atoms with E-state index in [1.165, 1.54) is 12.1 Å². The summed E-state index contributed by atoms with van der Waals surface area (Å²) in [5.41, 5.74) is 2.26. The summed E-state index contributed by atoms with van der Waals surface area (Å²) < 4.78 is 37.6. The van der Waals surface area contributed by atoms with Crippen LogP contribution < -0.4 is 5.32 Å². The van der Waals surface area contributed by atoms with Gasteiger partial charge in [-0.3, -0.25) is 0 Å². The average Bonchev–Trinajstić information content (AvgIpc) is 2.41. The summed E-state index contributed by atoms with van der Waals surface area (Å²) in [6.45, 7) is 1.83. The van der Waals surface area contributed by atoms with Gasteiger partial charge >= 0.3 is 0 Å². The largest absolute Gasteiger partial charge is 0.378 e. The molecule has 0 aromatic heterocycles. The van der Waals surface area contributed by atoms with Crippen molar-refractivity contribution in [1.82, 2.24) is 0 Å². The Hall–Kier alpha value is -1.88. The van der Waals surface area contributed by atoms with E-state index in [9.17, 15) is 12.8 Å². The highest BCUT2D eigenvalue weighted by Gasteiger charge is 2.29. The lowest BCUT2D eigenvalue weighted by Crippen LogP contribution is -2.24. The molecular weight excluding hydrogens is 289 g/mol. The summed E-state index contributed by atoms with van der Waals surface area (Å²) >= 11 is 0. The van der Waals surface area contributed by atoms with Crippen LogP contribution in [-0.4, -0.2) is 14.2 Å². The summed E-state index contributed by atoms with van der Waals surface area (Å²) in [4.78, 5) is 0.377. The molecule has 1 aliphatic heterocycles. The van der Waals surface area contributed by atoms with Crippen LogP contribution in [0.4, 0.5) is 10.1 Å². The lowest BCUT2D eigenvalue weighted by molar-refractivity contribution is 0.575. The Kier molecular flexibility index (Phi) is 3.45. The normalized spacial score (nSPS) is 19.8. The molecule has 1 N–H and O–H groups in total. The van der Waals surface area contributed by atoms with Gasteiger partial charge in [-0.15, -0.1) is 0 Å². The zero-order valence-electron chi connectivity index (χ0n) is 11.6. The van der Waals surface area contributed by atoms with Crippen LogP contribution in [0.2, 0.25) is 0 Å². The van der Waals surface area contributed by atoms with Crippen molar-refractivity contribution < 1.29 is 12.8 Å². The molecule has 1 unspecified atom stereocenters. The zero-order valence-corrected chi connectivity index (χ0v) is 12.5. The summed E-state index contributed by atoms with van der Waals surface area (Å²) in [7, 11) is -3.20. The van der Waals surface area contributed by atoms with E-state index in [0.717, 1.165) is 11.1 Å². The van der Waals surface area contributed by atoms with Crippen LogP contribution in [0.15, 0.2) is 47.4 Å². The Morgan fingerprint density at radius 2 is 1.95 bits per heavy atom. The minimum Gasteiger partial charge on any atom is -0.378 e. The standard InChI is InChI=1S/C16H16FNO2S/c1-11-8-12(17)10-13(9-11)18-15-6-7-21(19,20)16-5-3-2-4-14(15)16/h2-5,8-10,15,18H,6-7H2,1H3. The molecule has 110 valence electrons. The van der Waals surface area contributed by atoms with Gasteiger partial charge in [-0.2, -0.15) is 0 Å². The van der Waals surface area contributed by atoms with E-state index in [-0.39, 0.29) is 17.6 Å². The molecule has 3 nitrogen and oxygen atoms in total. The van der Waals surface area contributed by atoms with Gasteiger partial charge in [-0.05, 0) is 48.7 Å². The molecule has 2 aromatic carbocycles. The van der Waals surface area contributed by atoms with Crippen LogP contribution in [-0.2, 0) is 9.84 Å². The summed E-state index contributed by atoms with van der Waals surface area (Å²) in [5, 5.41) is 3.25. The number of rotatable bonds is 2. The summed E-state index contributed by atoms with van der Waals surface area (Å²) in [6, 6.07) is 11.6. The predicted molar refractivity (Wildman–Crippen MR) is 80.6 cm³/mol. The molecule has 0 radical (unpaired) electrons. The Morgan fingerprint density at radius 3 is 2.71 bits per heavy atom. The van der Waals surface area contributed by atoms with Crippen molar-refractivity contribution in [3.05, 3.63) is 59.4 Å². The van der Waals surface area contributed by atoms with Gasteiger partial charge in [-0.25, -0.2) is 12.8 Å². The van der Waals surface area contributed by atoms with Crippen LogP contribution in [0.3, 0.4) is 0 Å². The third-order valence-electron chi connectivity index (χ3n) is 3.69. The number of benzene rings is 2. The third kappa shape index (κ3) is 2.78. The predicted octanol–water partition coefficient (Wildman–Crippen LogP) is 3.46. The van der Waals surface area contributed by atoms with Crippen LogP contribution in [0, 0.1) is 12.7 Å². The second-order valence-electron chi connectivity index (χ2n) is 5.36. The molecule has 0 aliphatic carbocycles. The molecule has 3 rings (SSSR count). The smallest absolute Gasteiger partial charge is 0.178 e.